The molecule has 2 rings (SSSR count). The van der Waals surface area contributed by atoms with Gasteiger partial charge >= 0.3 is 11.9 Å². The first-order valence-corrected chi connectivity index (χ1v) is 11.9. The molecule has 0 heterocycles. The Morgan fingerprint density at radius 3 is 1.79 bits per heavy atom. The topological polar surface area (TPSA) is 108 Å². The summed E-state index contributed by atoms with van der Waals surface area (Å²) in [4.78, 5) is 21.9. The van der Waals surface area contributed by atoms with Crippen LogP contribution in [0, 0.1) is 0 Å². The number of hydrogen-bond donors (Lipinski definition) is 0. The molecule has 0 N–H and O–H groups in total. The highest BCUT2D eigenvalue weighted by molar-refractivity contribution is 7.92. The molecule has 34 heavy (non-hydrogen) atoms. The minimum atomic E-state index is -3.88. The lowest BCUT2D eigenvalue weighted by Gasteiger charge is -2.24. The monoisotopic (exact) mass is 493 g/mol. The van der Waals surface area contributed by atoms with E-state index in [2.05, 4.69) is 11.3 Å². The highest BCUT2D eigenvalue weighted by atomic mass is 32.2. The quantitative estimate of drug-likeness (QED) is 0.345. The molecular formula is C24H31NO8S. The molecule has 0 atom stereocenters. The molecule has 0 bridgehead atoms. The van der Waals surface area contributed by atoms with Crippen LogP contribution in [0.3, 0.4) is 0 Å². The molecule has 0 saturated carbocycles. The number of anilines is 1. The third-order valence-corrected chi connectivity index (χ3v) is 6.13. The van der Waals surface area contributed by atoms with Crippen LogP contribution >= 0.6 is 0 Å². The van der Waals surface area contributed by atoms with Gasteiger partial charge in [-0.05, 0) is 62.4 Å². The molecule has 9 nitrogen and oxygen atoms in total. The van der Waals surface area contributed by atoms with E-state index in [1.165, 1.54) is 30.7 Å². The Balaban J connectivity index is 0.000000718. The molecule has 0 aromatic heterocycles. The smallest absolute Gasteiger partial charge is 0.330 e. The highest BCUT2D eigenvalue weighted by Crippen LogP contribution is 2.27. The number of sulfonamides is 1. The lowest BCUT2D eigenvalue weighted by Crippen LogP contribution is -2.33. The van der Waals surface area contributed by atoms with Crippen molar-refractivity contribution < 1.29 is 37.0 Å². The number of carbonyl (C=O) groups is 2. The predicted octanol–water partition coefficient (Wildman–Crippen LogP) is 3.59. The SMILES string of the molecule is C=CC(=O)OCC.CCOC(=O)CCN(c1ccc(OC)cc1)S(=O)(=O)c1ccc(OC)cc1. The molecule has 0 aliphatic rings. The molecule has 0 unspecified atom stereocenters. The fourth-order valence-corrected chi connectivity index (χ4v) is 4.10. The maximum atomic E-state index is 13.2. The summed E-state index contributed by atoms with van der Waals surface area (Å²) >= 11 is 0. The minimum absolute atomic E-state index is 0.0421. The largest absolute Gasteiger partial charge is 0.497 e. The predicted molar refractivity (Wildman–Crippen MR) is 129 cm³/mol. The van der Waals surface area contributed by atoms with Crippen molar-refractivity contribution in [2.75, 3.05) is 38.3 Å². The lowest BCUT2D eigenvalue weighted by atomic mass is 10.3. The fraction of sp³-hybridized carbons (Fsp3) is 0.333. The number of esters is 2. The number of ether oxygens (including phenoxy) is 4. The van der Waals surface area contributed by atoms with Gasteiger partial charge in [0.15, 0.2) is 0 Å². The summed E-state index contributed by atoms with van der Waals surface area (Å²) in [6.07, 6.45) is 1.08. The van der Waals surface area contributed by atoms with E-state index in [0.29, 0.717) is 23.8 Å². The summed E-state index contributed by atoms with van der Waals surface area (Å²) in [7, 11) is -0.844. The fourth-order valence-electron chi connectivity index (χ4n) is 2.64. The lowest BCUT2D eigenvalue weighted by molar-refractivity contribution is -0.142. The average molecular weight is 494 g/mol. The Morgan fingerprint density at radius 2 is 1.38 bits per heavy atom. The van der Waals surface area contributed by atoms with Gasteiger partial charge in [0.25, 0.3) is 10.0 Å². The van der Waals surface area contributed by atoms with E-state index in [0.717, 1.165) is 6.08 Å². The van der Waals surface area contributed by atoms with Gasteiger partial charge in [0, 0.05) is 12.6 Å². The maximum Gasteiger partial charge on any atom is 0.330 e. The molecule has 0 saturated heterocycles. The van der Waals surface area contributed by atoms with Crippen LogP contribution in [0.15, 0.2) is 66.1 Å². The van der Waals surface area contributed by atoms with Crippen molar-refractivity contribution in [3.05, 3.63) is 61.2 Å². The Labute approximate surface area is 200 Å². The van der Waals surface area contributed by atoms with Crippen molar-refractivity contribution in [1.82, 2.24) is 0 Å². The van der Waals surface area contributed by atoms with E-state index >= 15 is 0 Å². The van der Waals surface area contributed by atoms with E-state index in [1.54, 1.807) is 50.2 Å². The molecule has 0 radical (unpaired) electrons. The summed E-state index contributed by atoms with van der Waals surface area (Å²) in [5.41, 5.74) is 0.427. The van der Waals surface area contributed by atoms with Crippen LogP contribution in [-0.2, 0) is 29.1 Å². The van der Waals surface area contributed by atoms with Crippen LogP contribution in [0.4, 0.5) is 5.69 Å². The molecule has 186 valence electrons. The minimum Gasteiger partial charge on any atom is -0.497 e. The number of carbonyl (C=O) groups excluding carboxylic acids is 2. The zero-order valence-corrected chi connectivity index (χ0v) is 20.7. The van der Waals surface area contributed by atoms with Crippen LogP contribution < -0.4 is 13.8 Å². The third kappa shape index (κ3) is 8.78. The number of benzene rings is 2. The van der Waals surface area contributed by atoms with Gasteiger partial charge in [-0.3, -0.25) is 9.10 Å². The molecule has 2 aromatic carbocycles. The summed E-state index contributed by atoms with van der Waals surface area (Å²) in [5.74, 6) is 0.339. The number of nitrogens with zero attached hydrogens (tertiary/aromatic N) is 1. The second-order valence-corrected chi connectivity index (χ2v) is 8.32. The van der Waals surface area contributed by atoms with Crippen LogP contribution in [-0.4, -0.2) is 54.3 Å². The Kier molecular flexibility index (Phi) is 12.2. The second kappa shape index (κ2) is 14.6. The van der Waals surface area contributed by atoms with E-state index in [9.17, 15) is 18.0 Å². The van der Waals surface area contributed by atoms with E-state index in [4.69, 9.17) is 14.2 Å². The van der Waals surface area contributed by atoms with Crippen LogP contribution in [0.5, 0.6) is 11.5 Å². The molecule has 0 aliphatic heterocycles. The van der Waals surface area contributed by atoms with Crippen molar-refractivity contribution in [1.29, 1.82) is 0 Å². The van der Waals surface area contributed by atoms with E-state index in [-0.39, 0.29) is 30.4 Å². The second-order valence-electron chi connectivity index (χ2n) is 6.46. The molecule has 2 aromatic rings. The average Bonchev–Trinajstić information content (AvgIpc) is 2.85. The summed E-state index contributed by atoms with van der Waals surface area (Å²) in [5, 5.41) is 0. The van der Waals surface area contributed by atoms with E-state index in [1.807, 2.05) is 0 Å². The molecular weight excluding hydrogens is 462 g/mol. The molecule has 0 aliphatic carbocycles. The maximum absolute atomic E-state index is 13.2. The van der Waals surface area contributed by atoms with Gasteiger partial charge < -0.3 is 18.9 Å². The van der Waals surface area contributed by atoms with Crippen molar-refractivity contribution in [3.8, 4) is 11.5 Å². The zero-order valence-electron chi connectivity index (χ0n) is 19.9. The van der Waals surface area contributed by atoms with Gasteiger partial charge in [0.05, 0.1) is 44.4 Å². The van der Waals surface area contributed by atoms with Gasteiger partial charge in [-0.25, -0.2) is 13.2 Å². The van der Waals surface area contributed by atoms with Crippen LogP contribution in [0.2, 0.25) is 0 Å². The standard InChI is InChI=1S/C19H23NO6S.C5H8O2/c1-4-26-19(21)13-14-20(15-5-7-16(24-2)8-6-15)27(22,23)18-11-9-17(25-3)10-12-18;1-3-5(6)7-4-2/h5-12H,4,13-14H2,1-3H3;3H,1,4H2,2H3. The molecule has 0 amide bonds. The normalized spacial score (nSPS) is 10.2. The van der Waals surface area contributed by atoms with Gasteiger partial charge in [0.2, 0.25) is 0 Å². The summed E-state index contributed by atoms with van der Waals surface area (Å²) < 4.78 is 47.0. The molecule has 10 heteroatoms. The van der Waals surface area contributed by atoms with E-state index < -0.39 is 16.0 Å². The van der Waals surface area contributed by atoms with Crippen molar-refractivity contribution in [2.45, 2.75) is 25.2 Å². The highest BCUT2D eigenvalue weighted by Gasteiger charge is 2.26. The van der Waals surface area contributed by atoms with Crippen LogP contribution in [0.1, 0.15) is 20.3 Å². The van der Waals surface area contributed by atoms with Gasteiger partial charge in [0.1, 0.15) is 11.5 Å². The first-order chi connectivity index (χ1) is 16.2. The Bertz CT molecular complexity index is 1020. The number of methoxy groups -OCH3 is 2. The first-order valence-electron chi connectivity index (χ1n) is 10.5. The Morgan fingerprint density at radius 1 is 0.882 bits per heavy atom. The summed E-state index contributed by atoms with van der Waals surface area (Å²) in [6.45, 7) is 7.28. The van der Waals surface area contributed by atoms with Gasteiger partial charge in [-0.2, -0.15) is 0 Å². The molecule has 0 fully saturated rings. The third-order valence-electron chi connectivity index (χ3n) is 4.29. The number of rotatable bonds is 11. The van der Waals surface area contributed by atoms with Gasteiger partial charge in [-0.1, -0.05) is 6.58 Å². The van der Waals surface area contributed by atoms with Crippen LogP contribution in [0.25, 0.3) is 0 Å². The van der Waals surface area contributed by atoms with Gasteiger partial charge in [-0.15, -0.1) is 0 Å². The zero-order chi connectivity index (χ0) is 25.6. The van der Waals surface area contributed by atoms with Crippen molar-refractivity contribution in [2.24, 2.45) is 0 Å². The first kappa shape index (κ1) is 28.5. The Hall–Kier alpha value is -3.53. The summed E-state index contributed by atoms with van der Waals surface area (Å²) in [6, 6.07) is 12.7. The van der Waals surface area contributed by atoms with Crippen molar-refractivity contribution in [3.63, 3.8) is 0 Å². The molecule has 0 spiro atoms. The number of hydrogen-bond acceptors (Lipinski definition) is 8. The van der Waals surface area contributed by atoms with Crippen molar-refractivity contribution >= 4 is 27.6 Å².